The van der Waals surface area contributed by atoms with Gasteiger partial charge in [-0.05, 0) is 59.7 Å². The number of nitrogens with one attached hydrogen (secondary N) is 1. The molecule has 10 heteroatoms. The summed E-state index contributed by atoms with van der Waals surface area (Å²) in [5, 5.41) is 3.72. The quantitative estimate of drug-likeness (QED) is 0.186. The van der Waals surface area contributed by atoms with Crippen molar-refractivity contribution in [1.82, 2.24) is 9.55 Å². The maximum Gasteiger partial charge on any atom is 0.355 e. The first-order valence-corrected chi connectivity index (χ1v) is 13.0. The minimum atomic E-state index is -0.721. The molecule has 5 aromatic rings. The highest BCUT2D eigenvalue weighted by atomic mass is 16.5. The van der Waals surface area contributed by atoms with Crippen LogP contribution in [0, 0.1) is 0 Å². The number of ether oxygens (including phenoxy) is 4. The normalized spacial score (nSPS) is 10.8. The maximum atomic E-state index is 14.2. The van der Waals surface area contributed by atoms with E-state index in [0.29, 0.717) is 57.5 Å². The van der Waals surface area contributed by atoms with E-state index in [1.54, 1.807) is 48.5 Å². The van der Waals surface area contributed by atoms with Gasteiger partial charge in [-0.25, -0.2) is 9.78 Å². The highest BCUT2D eigenvalue weighted by Crippen LogP contribution is 2.43. The second kappa shape index (κ2) is 11.9. The van der Waals surface area contributed by atoms with E-state index in [2.05, 4.69) is 5.32 Å². The lowest BCUT2D eigenvalue weighted by Gasteiger charge is -2.20. The zero-order valence-corrected chi connectivity index (χ0v) is 23.6. The van der Waals surface area contributed by atoms with Gasteiger partial charge in [0.15, 0.2) is 11.5 Å². The monoisotopic (exact) mass is 566 g/mol. The topological polar surface area (TPSA) is 127 Å². The van der Waals surface area contributed by atoms with Crippen LogP contribution < -0.4 is 30.8 Å². The molecule has 2 aromatic heterocycles. The SMILES string of the molecule is COC(=O)c1c(-c2cc(OC)c(OC)c(OC)c2)c2ccc(NCc3ccccc3)nc2c(=O)n1-c1ccc(N)cc1. The van der Waals surface area contributed by atoms with Gasteiger partial charge in [-0.1, -0.05) is 30.3 Å². The van der Waals surface area contributed by atoms with Gasteiger partial charge in [0.25, 0.3) is 5.56 Å². The minimum Gasteiger partial charge on any atom is -0.493 e. The molecule has 0 amide bonds. The van der Waals surface area contributed by atoms with Gasteiger partial charge < -0.3 is 30.0 Å². The molecule has 10 nitrogen and oxygen atoms in total. The lowest BCUT2D eigenvalue weighted by molar-refractivity contribution is 0.0591. The Bertz CT molecular complexity index is 1790. The molecule has 42 heavy (non-hydrogen) atoms. The summed E-state index contributed by atoms with van der Waals surface area (Å²) in [6.45, 7) is 0.505. The van der Waals surface area contributed by atoms with Gasteiger partial charge in [-0.3, -0.25) is 9.36 Å². The molecule has 0 radical (unpaired) electrons. The Kier molecular flexibility index (Phi) is 7.96. The third-order valence-corrected chi connectivity index (χ3v) is 6.83. The third kappa shape index (κ3) is 5.17. The molecule has 214 valence electrons. The van der Waals surface area contributed by atoms with Gasteiger partial charge in [-0.15, -0.1) is 0 Å². The van der Waals surface area contributed by atoms with E-state index < -0.39 is 11.5 Å². The number of carbonyl (C=O) groups is 1. The number of methoxy groups -OCH3 is 4. The zero-order chi connectivity index (χ0) is 29.8. The van der Waals surface area contributed by atoms with Crippen LogP contribution in [0.3, 0.4) is 0 Å². The first-order valence-electron chi connectivity index (χ1n) is 13.0. The van der Waals surface area contributed by atoms with Crippen molar-refractivity contribution < 1.29 is 23.7 Å². The van der Waals surface area contributed by atoms with Crippen molar-refractivity contribution in [2.24, 2.45) is 0 Å². The van der Waals surface area contributed by atoms with Crippen molar-refractivity contribution in [3.8, 4) is 34.1 Å². The maximum absolute atomic E-state index is 14.2. The van der Waals surface area contributed by atoms with Crippen molar-refractivity contribution >= 4 is 28.4 Å². The Morgan fingerprint density at radius 3 is 2.14 bits per heavy atom. The number of pyridine rings is 2. The lowest BCUT2D eigenvalue weighted by Crippen LogP contribution is -2.27. The van der Waals surface area contributed by atoms with Crippen LogP contribution in [0.25, 0.3) is 27.7 Å². The molecule has 0 aliphatic carbocycles. The van der Waals surface area contributed by atoms with E-state index in [1.165, 1.54) is 33.0 Å². The van der Waals surface area contributed by atoms with Crippen molar-refractivity contribution in [3.05, 3.63) is 100 Å². The van der Waals surface area contributed by atoms with Crippen molar-refractivity contribution in [1.29, 1.82) is 0 Å². The summed E-state index contributed by atoms with van der Waals surface area (Å²) in [4.78, 5) is 32.4. The predicted octanol–water partition coefficient (Wildman–Crippen LogP) is 5.06. The first kappa shape index (κ1) is 28.0. The van der Waals surface area contributed by atoms with Crippen molar-refractivity contribution in [2.75, 3.05) is 39.5 Å². The van der Waals surface area contributed by atoms with Crippen LogP contribution in [-0.4, -0.2) is 44.0 Å². The molecule has 0 aliphatic rings. The van der Waals surface area contributed by atoms with Crippen LogP contribution >= 0.6 is 0 Å². The van der Waals surface area contributed by atoms with E-state index in [4.69, 9.17) is 29.7 Å². The second-order valence-corrected chi connectivity index (χ2v) is 9.29. The molecule has 0 spiro atoms. The summed E-state index contributed by atoms with van der Waals surface area (Å²) in [7, 11) is 5.77. The molecule has 0 fully saturated rings. The molecule has 0 bridgehead atoms. The van der Waals surface area contributed by atoms with E-state index in [1.807, 2.05) is 30.3 Å². The fraction of sp³-hybridized carbons (Fsp3) is 0.156. The number of carbonyl (C=O) groups excluding carboxylic acids is 1. The fourth-order valence-corrected chi connectivity index (χ4v) is 4.84. The summed E-state index contributed by atoms with van der Waals surface area (Å²) in [5.41, 5.74) is 8.45. The molecule has 5 rings (SSSR count). The Morgan fingerprint density at radius 1 is 0.881 bits per heavy atom. The number of nitrogen functional groups attached to an aromatic ring is 1. The van der Waals surface area contributed by atoms with E-state index in [0.717, 1.165) is 5.56 Å². The third-order valence-electron chi connectivity index (χ3n) is 6.83. The van der Waals surface area contributed by atoms with Gasteiger partial charge in [0.05, 0.1) is 28.4 Å². The van der Waals surface area contributed by atoms with Crippen LogP contribution in [0.5, 0.6) is 17.2 Å². The molecule has 0 aliphatic heterocycles. The van der Waals surface area contributed by atoms with Gasteiger partial charge in [0, 0.05) is 28.9 Å². The van der Waals surface area contributed by atoms with Gasteiger partial charge >= 0.3 is 5.97 Å². The number of aromatic nitrogens is 2. The molecule has 3 N–H and O–H groups in total. The van der Waals surface area contributed by atoms with Crippen LogP contribution in [0.4, 0.5) is 11.5 Å². The molecule has 0 atom stereocenters. The number of nitrogens with zero attached hydrogens (tertiary/aromatic N) is 2. The lowest BCUT2D eigenvalue weighted by atomic mass is 9.97. The van der Waals surface area contributed by atoms with Gasteiger partial charge in [-0.2, -0.15) is 0 Å². The molecular weight excluding hydrogens is 536 g/mol. The Balaban J connectivity index is 1.85. The van der Waals surface area contributed by atoms with E-state index in [9.17, 15) is 9.59 Å². The smallest absolute Gasteiger partial charge is 0.355 e. The van der Waals surface area contributed by atoms with Crippen LogP contribution in [0.1, 0.15) is 16.1 Å². The van der Waals surface area contributed by atoms with Gasteiger partial charge in [0.2, 0.25) is 5.75 Å². The molecule has 0 saturated carbocycles. The van der Waals surface area contributed by atoms with Crippen LogP contribution in [0.2, 0.25) is 0 Å². The molecular formula is C32H30N4O6. The van der Waals surface area contributed by atoms with Crippen LogP contribution in [0.15, 0.2) is 83.7 Å². The number of hydrogen-bond acceptors (Lipinski definition) is 9. The average Bonchev–Trinajstić information content (AvgIpc) is 3.03. The Labute approximate surface area is 242 Å². The summed E-state index contributed by atoms with van der Waals surface area (Å²) in [6, 6.07) is 23.4. The fourth-order valence-electron chi connectivity index (χ4n) is 4.84. The number of hydrogen-bond donors (Lipinski definition) is 2. The Hall–Kier alpha value is -5.51. The molecule has 0 unspecified atom stereocenters. The highest BCUT2D eigenvalue weighted by Gasteiger charge is 2.27. The number of fused-ring (bicyclic) bond motifs is 1. The average molecular weight is 567 g/mol. The van der Waals surface area contributed by atoms with E-state index >= 15 is 0 Å². The largest absolute Gasteiger partial charge is 0.493 e. The first-order chi connectivity index (χ1) is 20.4. The number of esters is 1. The number of rotatable bonds is 9. The predicted molar refractivity (Wildman–Crippen MR) is 162 cm³/mol. The van der Waals surface area contributed by atoms with Crippen LogP contribution in [-0.2, 0) is 11.3 Å². The van der Waals surface area contributed by atoms with Gasteiger partial charge in [0.1, 0.15) is 17.0 Å². The summed E-state index contributed by atoms with van der Waals surface area (Å²) < 4.78 is 23.2. The summed E-state index contributed by atoms with van der Waals surface area (Å²) in [5.74, 6) is 0.894. The number of anilines is 2. The standard InChI is InChI=1S/C32H30N4O6/c1-39-24-16-20(17-25(40-2)30(24)41-3)27-23-14-15-26(34-18-19-8-6-5-7-9-19)35-28(23)31(37)36(29(27)32(38)42-4)22-12-10-21(33)11-13-22/h5-17H,18,33H2,1-4H3,(H,34,35). The number of nitrogens with two attached hydrogens (primary N) is 1. The summed E-state index contributed by atoms with van der Waals surface area (Å²) >= 11 is 0. The molecule has 3 aromatic carbocycles. The van der Waals surface area contributed by atoms with Crippen molar-refractivity contribution in [3.63, 3.8) is 0 Å². The highest BCUT2D eigenvalue weighted by molar-refractivity contribution is 6.07. The second-order valence-electron chi connectivity index (χ2n) is 9.29. The summed E-state index contributed by atoms with van der Waals surface area (Å²) in [6.07, 6.45) is 0. The van der Waals surface area contributed by atoms with E-state index in [-0.39, 0.29) is 11.2 Å². The number of benzene rings is 3. The Morgan fingerprint density at radius 2 is 1.55 bits per heavy atom. The molecule has 0 saturated heterocycles. The minimum absolute atomic E-state index is 0.000777. The molecule has 2 heterocycles. The van der Waals surface area contributed by atoms with Crippen molar-refractivity contribution in [2.45, 2.75) is 6.54 Å². The zero-order valence-electron chi connectivity index (χ0n) is 23.6.